The molecule has 1 saturated heterocycles. The van der Waals surface area contributed by atoms with Gasteiger partial charge in [0.2, 0.25) is 0 Å². The molecular formula is C22H33NO2. The van der Waals surface area contributed by atoms with Crippen molar-refractivity contribution in [3.8, 4) is 11.5 Å². The van der Waals surface area contributed by atoms with Gasteiger partial charge < -0.3 is 14.4 Å². The molecular weight excluding hydrogens is 310 g/mol. The number of likely N-dealkylation sites (tertiary alicyclic amines) is 1. The number of fused-ring (bicyclic) bond motifs is 1. The zero-order valence-corrected chi connectivity index (χ0v) is 16.3. The first-order valence-corrected chi connectivity index (χ1v) is 9.88. The average molecular weight is 344 g/mol. The number of benzene rings is 1. The molecule has 2 atom stereocenters. The molecule has 0 bridgehead atoms. The molecule has 25 heavy (non-hydrogen) atoms. The molecule has 138 valence electrons. The predicted molar refractivity (Wildman–Crippen MR) is 104 cm³/mol. The number of ether oxygens (including phenoxy) is 2. The Morgan fingerprint density at radius 2 is 2.12 bits per heavy atom. The molecule has 3 heteroatoms. The van der Waals surface area contributed by atoms with Gasteiger partial charge in [0.15, 0.2) is 11.5 Å². The second kappa shape index (κ2) is 7.82. The van der Waals surface area contributed by atoms with Crippen molar-refractivity contribution < 1.29 is 9.47 Å². The van der Waals surface area contributed by atoms with Crippen LogP contribution in [0.2, 0.25) is 0 Å². The number of hydrogen-bond donors (Lipinski definition) is 0. The third-order valence-electron chi connectivity index (χ3n) is 5.63. The highest BCUT2D eigenvalue weighted by Gasteiger charge is 2.46. The summed E-state index contributed by atoms with van der Waals surface area (Å²) in [4.78, 5) is 2.53. The van der Waals surface area contributed by atoms with E-state index in [1.807, 2.05) is 0 Å². The van der Waals surface area contributed by atoms with E-state index < -0.39 is 0 Å². The molecule has 0 N–H and O–H groups in total. The van der Waals surface area contributed by atoms with E-state index >= 15 is 0 Å². The Kier molecular flexibility index (Phi) is 5.73. The van der Waals surface area contributed by atoms with Crippen LogP contribution in [0.15, 0.2) is 30.4 Å². The minimum absolute atomic E-state index is 0.131. The summed E-state index contributed by atoms with van der Waals surface area (Å²) in [7, 11) is 2.26. The van der Waals surface area contributed by atoms with E-state index in [-0.39, 0.29) is 11.5 Å². The standard InChI is InChI=1S/C22H33NO2/c1-5-6-15-24-20-16-18(10-11-19(20)25-17(2)3)22-12-8-7-9-21(22)23(4)14-13-22/h8,10-12,16-17,21H,5-7,9,13-15H2,1-4H3/t21?,22-/m0/s1. The summed E-state index contributed by atoms with van der Waals surface area (Å²) in [5, 5.41) is 0. The molecule has 1 aromatic rings. The van der Waals surface area contributed by atoms with Crippen molar-refractivity contribution in [3.63, 3.8) is 0 Å². The zero-order valence-electron chi connectivity index (χ0n) is 16.3. The smallest absolute Gasteiger partial charge is 0.161 e. The monoisotopic (exact) mass is 343 g/mol. The number of hydrogen-bond acceptors (Lipinski definition) is 3. The molecule has 1 aromatic carbocycles. The van der Waals surface area contributed by atoms with Crippen LogP contribution in [-0.4, -0.2) is 37.2 Å². The zero-order chi connectivity index (χ0) is 17.9. The first kappa shape index (κ1) is 18.3. The Hall–Kier alpha value is -1.48. The van der Waals surface area contributed by atoms with E-state index in [1.165, 1.54) is 24.8 Å². The molecule has 1 heterocycles. The molecule has 0 radical (unpaired) electrons. The second-order valence-corrected chi connectivity index (χ2v) is 7.80. The fourth-order valence-electron chi connectivity index (χ4n) is 4.32. The van der Waals surface area contributed by atoms with E-state index in [0.29, 0.717) is 6.04 Å². The van der Waals surface area contributed by atoms with Gasteiger partial charge in [0.1, 0.15) is 0 Å². The van der Waals surface area contributed by atoms with Gasteiger partial charge in [0.05, 0.1) is 12.7 Å². The van der Waals surface area contributed by atoms with Gasteiger partial charge >= 0.3 is 0 Å². The first-order valence-electron chi connectivity index (χ1n) is 9.88. The lowest BCUT2D eigenvalue weighted by Crippen LogP contribution is -2.41. The fraction of sp³-hybridized carbons (Fsp3) is 0.636. The minimum atomic E-state index is 0.131. The number of allylic oxidation sites excluding steroid dienone is 1. The maximum Gasteiger partial charge on any atom is 0.161 e. The van der Waals surface area contributed by atoms with Crippen molar-refractivity contribution >= 4 is 0 Å². The average Bonchev–Trinajstić information content (AvgIpc) is 2.94. The van der Waals surface area contributed by atoms with Crippen molar-refractivity contribution in [1.82, 2.24) is 4.90 Å². The van der Waals surface area contributed by atoms with Gasteiger partial charge in [-0.2, -0.15) is 0 Å². The summed E-state index contributed by atoms with van der Waals surface area (Å²) in [5.41, 5.74) is 1.51. The second-order valence-electron chi connectivity index (χ2n) is 7.80. The van der Waals surface area contributed by atoms with Crippen LogP contribution in [0.4, 0.5) is 0 Å². The highest BCUT2D eigenvalue weighted by Crippen LogP contribution is 2.47. The summed E-state index contributed by atoms with van der Waals surface area (Å²) in [6, 6.07) is 7.21. The maximum atomic E-state index is 6.12. The molecule has 1 unspecified atom stereocenters. The molecule has 2 aliphatic rings. The minimum Gasteiger partial charge on any atom is -0.490 e. The van der Waals surface area contributed by atoms with E-state index in [9.17, 15) is 0 Å². The number of likely N-dealkylation sites (N-methyl/N-ethyl adjacent to an activating group) is 1. The van der Waals surface area contributed by atoms with Crippen molar-refractivity contribution in [3.05, 3.63) is 35.9 Å². The Bertz CT molecular complexity index is 610. The highest BCUT2D eigenvalue weighted by atomic mass is 16.5. The largest absolute Gasteiger partial charge is 0.490 e. The Balaban J connectivity index is 1.94. The summed E-state index contributed by atoms with van der Waals surface area (Å²) >= 11 is 0. The van der Waals surface area contributed by atoms with Crippen LogP contribution in [0.1, 0.15) is 58.4 Å². The SMILES string of the molecule is CCCCOc1cc([C@@]23C=CCCC2N(C)CC3)ccc1OC(C)C. The van der Waals surface area contributed by atoms with Gasteiger partial charge in [-0.3, -0.25) is 0 Å². The third-order valence-corrected chi connectivity index (χ3v) is 5.63. The van der Waals surface area contributed by atoms with Crippen LogP contribution < -0.4 is 9.47 Å². The van der Waals surface area contributed by atoms with Crippen LogP contribution in [0, 0.1) is 0 Å². The first-order chi connectivity index (χ1) is 12.1. The topological polar surface area (TPSA) is 21.7 Å². The van der Waals surface area contributed by atoms with E-state index in [2.05, 4.69) is 63.1 Å². The number of nitrogens with zero attached hydrogens (tertiary/aromatic N) is 1. The molecule has 3 rings (SSSR count). The molecule has 0 spiro atoms. The van der Waals surface area contributed by atoms with Crippen molar-refractivity contribution in [2.75, 3.05) is 20.2 Å². The van der Waals surface area contributed by atoms with Crippen molar-refractivity contribution in [1.29, 1.82) is 0 Å². The van der Waals surface area contributed by atoms with E-state index in [0.717, 1.165) is 37.5 Å². The number of rotatable bonds is 7. The lowest BCUT2D eigenvalue weighted by molar-refractivity contribution is 0.218. The van der Waals surface area contributed by atoms with Gasteiger partial charge in [-0.15, -0.1) is 0 Å². The molecule has 0 saturated carbocycles. The summed E-state index contributed by atoms with van der Waals surface area (Å²) < 4.78 is 12.1. The maximum absolute atomic E-state index is 6.12. The molecule has 1 fully saturated rings. The highest BCUT2D eigenvalue weighted by molar-refractivity contribution is 5.48. The lowest BCUT2D eigenvalue weighted by Gasteiger charge is -2.38. The Morgan fingerprint density at radius 3 is 2.88 bits per heavy atom. The van der Waals surface area contributed by atoms with E-state index in [1.54, 1.807) is 0 Å². The van der Waals surface area contributed by atoms with Gasteiger partial charge in [0.25, 0.3) is 0 Å². The van der Waals surface area contributed by atoms with Crippen molar-refractivity contribution in [2.24, 2.45) is 0 Å². The van der Waals surface area contributed by atoms with Gasteiger partial charge in [-0.1, -0.05) is 31.6 Å². The van der Waals surface area contributed by atoms with Crippen LogP contribution in [0.3, 0.4) is 0 Å². The summed E-state index contributed by atoms with van der Waals surface area (Å²) in [6.07, 6.45) is 10.8. The van der Waals surface area contributed by atoms with Crippen LogP contribution in [0.25, 0.3) is 0 Å². The van der Waals surface area contributed by atoms with Crippen LogP contribution in [0.5, 0.6) is 11.5 Å². The molecule has 1 aliphatic heterocycles. The van der Waals surface area contributed by atoms with Crippen LogP contribution >= 0.6 is 0 Å². The Morgan fingerprint density at radius 1 is 1.28 bits per heavy atom. The lowest BCUT2D eigenvalue weighted by atomic mass is 9.70. The normalized spacial score (nSPS) is 26.0. The van der Waals surface area contributed by atoms with Gasteiger partial charge in [-0.25, -0.2) is 0 Å². The third kappa shape index (κ3) is 3.72. The quantitative estimate of drug-likeness (QED) is 0.517. The molecule has 0 aromatic heterocycles. The van der Waals surface area contributed by atoms with Crippen molar-refractivity contribution in [2.45, 2.75) is 70.4 Å². The number of unbranched alkanes of at least 4 members (excludes halogenated alkanes) is 1. The molecule has 0 amide bonds. The Labute approximate surface area is 153 Å². The molecule has 3 nitrogen and oxygen atoms in total. The fourth-order valence-corrected chi connectivity index (χ4v) is 4.32. The molecule has 1 aliphatic carbocycles. The van der Waals surface area contributed by atoms with Gasteiger partial charge in [-0.05, 0) is 70.8 Å². The summed E-state index contributed by atoms with van der Waals surface area (Å²) in [5.74, 6) is 1.77. The van der Waals surface area contributed by atoms with Crippen LogP contribution in [-0.2, 0) is 5.41 Å². The van der Waals surface area contributed by atoms with E-state index in [4.69, 9.17) is 9.47 Å². The van der Waals surface area contributed by atoms with Gasteiger partial charge in [0, 0.05) is 11.5 Å². The predicted octanol–water partition coefficient (Wildman–Crippen LogP) is 4.94. The summed E-state index contributed by atoms with van der Waals surface area (Å²) in [6.45, 7) is 8.23.